The van der Waals surface area contributed by atoms with E-state index in [2.05, 4.69) is 15.3 Å². The summed E-state index contributed by atoms with van der Waals surface area (Å²) >= 11 is 1.77. The van der Waals surface area contributed by atoms with Crippen LogP contribution in [0.5, 0.6) is 5.88 Å². The first-order chi connectivity index (χ1) is 12.8. The van der Waals surface area contributed by atoms with Gasteiger partial charge >= 0.3 is 0 Å². The molecule has 0 spiro atoms. The quantitative estimate of drug-likeness (QED) is 0.823. The predicted molar refractivity (Wildman–Crippen MR) is 107 cm³/mol. The summed E-state index contributed by atoms with van der Waals surface area (Å²) in [5.41, 5.74) is 1.35. The first-order valence-corrected chi connectivity index (χ1v) is 10.8. The summed E-state index contributed by atoms with van der Waals surface area (Å²) in [6.07, 6.45) is 9.37. The molecule has 2 aromatic rings. The highest BCUT2D eigenvalue weighted by molar-refractivity contribution is 7.19. The SMILES string of the molecule is CC.CNC1CCC(Oc2ncnc3sc4c(c23)[C@@H](CCO)CC4)CC1. The molecule has 0 aromatic carbocycles. The molecule has 1 fully saturated rings. The van der Waals surface area contributed by atoms with Gasteiger partial charge in [-0.15, -0.1) is 11.3 Å². The lowest BCUT2D eigenvalue weighted by molar-refractivity contribution is 0.137. The largest absolute Gasteiger partial charge is 0.474 e. The molecule has 0 radical (unpaired) electrons. The summed E-state index contributed by atoms with van der Waals surface area (Å²) in [7, 11) is 2.04. The summed E-state index contributed by atoms with van der Waals surface area (Å²) < 4.78 is 6.34. The minimum atomic E-state index is 0.235. The van der Waals surface area contributed by atoms with Crippen molar-refractivity contribution in [3.05, 3.63) is 16.8 Å². The highest BCUT2D eigenvalue weighted by atomic mass is 32.1. The van der Waals surface area contributed by atoms with Crippen LogP contribution in [0.3, 0.4) is 0 Å². The summed E-state index contributed by atoms with van der Waals surface area (Å²) in [6, 6.07) is 0.620. The Bertz CT molecular complexity index is 710. The molecule has 2 aliphatic carbocycles. The summed E-state index contributed by atoms with van der Waals surface area (Å²) in [5, 5.41) is 13.9. The third-order valence-corrected chi connectivity index (χ3v) is 6.71. The van der Waals surface area contributed by atoms with Gasteiger partial charge in [-0.3, -0.25) is 0 Å². The maximum Gasteiger partial charge on any atom is 0.225 e. The zero-order valence-electron chi connectivity index (χ0n) is 16.1. The van der Waals surface area contributed by atoms with Crippen LogP contribution in [-0.2, 0) is 6.42 Å². The van der Waals surface area contributed by atoms with Crippen LogP contribution >= 0.6 is 11.3 Å². The highest BCUT2D eigenvalue weighted by Crippen LogP contribution is 2.47. The predicted octanol–water partition coefficient (Wildman–Crippen LogP) is 4.04. The van der Waals surface area contributed by atoms with E-state index >= 15 is 0 Å². The van der Waals surface area contributed by atoms with Crippen LogP contribution in [0.4, 0.5) is 0 Å². The second kappa shape index (κ2) is 9.11. The smallest absolute Gasteiger partial charge is 0.225 e. The Balaban J connectivity index is 0.000000948. The number of hydrogen-bond acceptors (Lipinski definition) is 6. The maximum atomic E-state index is 9.38. The van der Waals surface area contributed by atoms with E-state index in [1.54, 1.807) is 17.7 Å². The van der Waals surface area contributed by atoms with Crippen molar-refractivity contribution in [3.63, 3.8) is 0 Å². The number of fused-ring (bicyclic) bond motifs is 3. The molecule has 2 aromatic heterocycles. The van der Waals surface area contributed by atoms with Crippen LogP contribution in [0.1, 0.15) is 68.7 Å². The molecule has 2 N–H and O–H groups in total. The van der Waals surface area contributed by atoms with Crippen LogP contribution in [0.2, 0.25) is 0 Å². The van der Waals surface area contributed by atoms with Crippen LogP contribution in [0, 0.1) is 0 Å². The van der Waals surface area contributed by atoms with Gasteiger partial charge in [-0.1, -0.05) is 13.8 Å². The second-order valence-corrected chi connectivity index (χ2v) is 8.01. The third kappa shape index (κ3) is 3.87. The fraction of sp³-hybridized carbons (Fsp3) is 0.700. The number of aryl methyl sites for hydroxylation is 1. The van der Waals surface area contributed by atoms with Crippen molar-refractivity contribution in [1.29, 1.82) is 0 Å². The van der Waals surface area contributed by atoms with Gasteiger partial charge in [0.2, 0.25) is 5.88 Å². The molecule has 0 aliphatic heterocycles. The van der Waals surface area contributed by atoms with Crippen molar-refractivity contribution in [3.8, 4) is 5.88 Å². The van der Waals surface area contributed by atoms with E-state index in [-0.39, 0.29) is 12.7 Å². The number of nitrogens with one attached hydrogen (secondary N) is 1. The van der Waals surface area contributed by atoms with Crippen molar-refractivity contribution >= 4 is 21.6 Å². The zero-order valence-corrected chi connectivity index (χ0v) is 16.9. The molecule has 144 valence electrons. The molecule has 0 amide bonds. The van der Waals surface area contributed by atoms with Gasteiger partial charge in [0.05, 0.1) is 5.39 Å². The molecular weight excluding hydrogens is 346 g/mol. The van der Waals surface area contributed by atoms with Crippen molar-refractivity contribution in [1.82, 2.24) is 15.3 Å². The zero-order chi connectivity index (χ0) is 18.5. The van der Waals surface area contributed by atoms with E-state index in [9.17, 15) is 5.11 Å². The van der Waals surface area contributed by atoms with E-state index < -0.39 is 0 Å². The average molecular weight is 378 g/mol. The Hall–Kier alpha value is -1.24. The minimum absolute atomic E-state index is 0.235. The number of aliphatic hydroxyl groups excluding tert-OH is 1. The fourth-order valence-corrected chi connectivity index (χ4v) is 5.43. The van der Waals surface area contributed by atoms with E-state index in [4.69, 9.17) is 4.74 Å². The number of hydrogen-bond donors (Lipinski definition) is 2. The van der Waals surface area contributed by atoms with Gasteiger partial charge in [0, 0.05) is 17.5 Å². The standard InChI is InChI=1S/C18H25N3O2S.C2H6/c1-19-12-3-5-13(6-4-12)23-17-16-15-11(8-9-22)2-7-14(15)24-18(16)21-10-20-17;1-2/h10-13,19,22H,2-9H2,1H3;1-2H3/t11-,12?,13?;/m1./s1. The molecule has 2 aliphatic rings. The Morgan fingerprint density at radius 3 is 2.65 bits per heavy atom. The van der Waals surface area contributed by atoms with Crippen LogP contribution in [-0.4, -0.2) is 40.9 Å². The van der Waals surface area contributed by atoms with Crippen molar-refractivity contribution < 1.29 is 9.84 Å². The van der Waals surface area contributed by atoms with Crippen molar-refractivity contribution in [2.45, 2.75) is 76.9 Å². The monoisotopic (exact) mass is 377 g/mol. The minimum Gasteiger partial charge on any atom is -0.474 e. The lowest BCUT2D eigenvalue weighted by Crippen LogP contribution is -2.34. The van der Waals surface area contributed by atoms with Crippen molar-refractivity contribution in [2.75, 3.05) is 13.7 Å². The average Bonchev–Trinajstić information content (AvgIpc) is 3.24. The molecule has 2 heterocycles. The van der Waals surface area contributed by atoms with E-state index in [1.807, 2.05) is 20.9 Å². The van der Waals surface area contributed by atoms with E-state index in [0.717, 1.165) is 61.0 Å². The Kier molecular flexibility index (Phi) is 6.84. The van der Waals surface area contributed by atoms with Crippen molar-refractivity contribution in [2.24, 2.45) is 0 Å². The molecule has 1 saturated carbocycles. The number of rotatable bonds is 5. The third-order valence-electron chi connectivity index (χ3n) is 5.53. The lowest BCUT2D eigenvalue weighted by atomic mass is 9.93. The number of aromatic nitrogens is 2. The van der Waals surface area contributed by atoms with Gasteiger partial charge in [0.15, 0.2) is 0 Å². The Labute approximate surface area is 160 Å². The van der Waals surface area contributed by atoms with Gasteiger partial charge in [0.1, 0.15) is 17.3 Å². The van der Waals surface area contributed by atoms with Gasteiger partial charge in [-0.2, -0.15) is 0 Å². The molecular formula is C20H31N3O2S. The molecule has 1 atom stereocenters. The molecule has 26 heavy (non-hydrogen) atoms. The van der Waals surface area contributed by atoms with Crippen LogP contribution < -0.4 is 10.1 Å². The normalized spacial score (nSPS) is 24.8. The van der Waals surface area contributed by atoms with Gasteiger partial charge < -0.3 is 15.2 Å². The number of nitrogens with zero attached hydrogens (tertiary/aromatic N) is 2. The number of thiophene rings is 1. The Morgan fingerprint density at radius 1 is 1.19 bits per heavy atom. The lowest BCUT2D eigenvalue weighted by Gasteiger charge is -2.28. The van der Waals surface area contributed by atoms with Crippen LogP contribution in [0.15, 0.2) is 6.33 Å². The van der Waals surface area contributed by atoms with Gasteiger partial charge in [-0.25, -0.2) is 9.97 Å². The molecule has 0 unspecified atom stereocenters. The molecule has 0 saturated heterocycles. The molecule has 5 nitrogen and oxygen atoms in total. The highest BCUT2D eigenvalue weighted by Gasteiger charge is 2.30. The Morgan fingerprint density at radius 2 is 1.96 bits per heavy atom. The van der Waals surface area contributed by atoms with Crippen LogP contribution in [0.25, 0.3) is 10.2 Å². The maximum absolute atomic E-state index is 9.38. The first kappa shape index (κ1) is 19.5. The molecule has 0 bridgehead atoms. The fourth-order valence-electron chi connectivity index (χ4n) is 4.20. The van der Waals surface area contributed by atoms with E-state index in [1.165, 1.54) is 10.4 Å². The number of ether oxygens (including phenoxy) is 1. The molecule has 4 rings (SSSR count). The van der Waals surface area contributed by atoms with Gasteiger partial charge in [0.25, 0.3) is 0 Å². The number of aliphatic hydroxyl groups is 1. The molecule has 6 heteroatoms. The summed E-state index contributed by atoms with van der Waals surface area (Å²) in [6.45, 7) is 4.24. The second-order valence-electron chi connectivity index (χ2n) is 6.93. The summed E-state index contributed by atoms with van der Waals surface area (Å²) in [5.74, 6) is 1.18. The van der Waals surface area contributed by atoms with Gasteiger partial charge in [-0.05, 0) is 63.5 Å². The topological polar surface area (TPSA) is 67.3 Å². The summed E-state index contributed by atoms with van der Waals surface area (Å²) in [4.78, 5) is 11.4. The first-order valence-electron chi connectivity index (χ1n) is 10.0. The van der Waals surface area contributed by atoms with E-state index in [0.29, 0.717) is 12.0 Å².